The lowest BCUT2D eigenvalue weighted by Crippen LogP contribution is -2.36. The molecule has 0 saturated carbocycles. The molecule has 4 heterocycles. The Hall–Kier alpha value is -3.13. The molecule has 8 heteroatoms. The molecule has 0 radical (unpaired) electrons. The van der Waals surface area contributed by atoms with Gasteiger partial charge in [0, 0.05) is 32.0 Å². The minimum Gasteiger partial charge on any atom is -0.313 e. The number of likely N-dealkylation sites (tertiary alicyclic amines) is 1. The van der Waals surface area contributed by atoms with Crippen LogP contribution in [0.25, 0.3) is 16.9 Å². The number of fused-ring (bicyclic) bond motifs is 3. The van der Waals surface area contributed by atoms with Crippen LogP contribution >= 0.6 is 0 Å². The molecular weight excluding hydrogens is 392 g/mol. The maximum Gasteiger partial charge on any atom is 0.329 e. The molecule has 0 bridgehead atoms. The van der Waals surface area contributed by atoms with Crippen molar-refractivity contribution in [1.29, 1.82) is 0 Å². The Bertz CT molecular complexity index is 1340. The molecule has 0 unspecified atom stereocenters. The Morgan fingerprint density at radius 3 is 2.58 bits per heavy atom. The summed E-state index contributed by atoms with van der Waals surface area (Å²) < 4.78 is 5.33. The number of aryl methyl sites for hydroxylation is 2. The minimum absolute atomic E-state index is 0.400. The number of aromatic nitrogens is 5. The number of hydrogen-bond donors (Lipinski definition) is 1. The minimum atomic E-state index is -0.445. The van der Waals surface area contributed by atoms with E-state index in [1.807, 2.05) is 13.1 Å². The van der Waals surface area contributed by atoms with Crippen LogP contribution in [0.1, 0.15) is 24.1 Å². The Labute approximate surface area is 179 Å². The van der Waals surface area contributed by atoms with E-state index in [1.165, 1.54) is 29.4 Å². The standard InChI is InChI=1S/C23H28N6O2/c1-16-15-29-19-20(26(2)23(31)25-21(19)30)24-22(29)28(16)13-12-27-10-8-18(9-11-27)14-17-6-4-3-5-7-17/h3-7,15,18H,8-14H2,1-2H3,(H,25,30,31). The molecule has 8 nitrogen and oxygen atoms in total. The normalized spacial score (nSPS) is 15.9. The molecular formula is C23H28N6O2. The van der Waals surface area contributed by atoms with Crippen molar-refractivity contribution in [3.63, 3.8) is 0 Å². The summed E-state index contributed by atoms with van der Waals surface area (Å²) in [4.78, 5) is 33.8. The maximum absolute atomic E-state index is 12.4. The maximum atomic E-state index is 12.4. The summed E-state index contributed by atoms with van der Waals surface area (Å²) in [6.45, 7) is 6.00. The van der Waals surface area contributed by atoms with Crippen LogP contribution in [0.5, 0.6) is 0 Å². The summed E-state index contributed by atoms with van der Waals surface area (Å²) in [7, 11) is 1.63. The van der Waals surface area contributed by atoms with Gasteiger partial charge in [0.25, 0.3) is 5.56 Å². The summed E-state index contributed by atoms with van der Waals surface area (Å²) >= 11 is 0. The fourth-order valence-corrected chi connectivity index (χ4v) is 4.80. The fraction of sp³-hybridized carbons (Fsp3) is 0.435. The third-order valence-electron chi connectivity index (χ3n) is 6.63. The van der Waals surface area contributed by atoms with Gasteiger partial charge in [-0.15, -0.1) is 0 Å². The largest absolute Gasteiger partial charge is 0.329 e. The number of aromatic amines is 1. The van der Waals surface area contributed by atoms with Crippen molar-refractivity contribution >= 4 is 16.9 Å². The lowest BCUT2D eigenvalue weighted by molar-refractivity contribution is 0.178. The molecule has 0 aliphatic carbocycles. The number of benzene rings is 1. The van der Waals surface area contributed by atoms with E-state index in [0.717, 1.165) is 37.8 Å². The fourth-order valence-electron chi connectivity index (χ4n) is 4.80. The van der Waals surface area contributed by atoms with Gasteiger partial charge in [0.1, 0.15) is 0 Å². The molecule has 1 saturated heterocycles. The van der Waals surface area contributed by atoms with Gasteiger partial charge in [0.2, 0.25) is 5.78 Å². The molecule has 1 fully saturated rings. The van der Waals surface area contributed by atoms with Crippen LogP contribution in [0.2, 0.25) is 0 Å². The zero-order chi connectivity index (χ0) is 21.5. The third kappa shape index (κ3) is 3.61. The molecule has 162 valence electrons. The molecule has 3 aromatic heterocycles. The van der Waals surface area contributed by atoms with Gasteiger partial charge in [0.05, 0.1) is 0 Å². The average molecular weight is 421 g/mol. The van der Waals surface area contributed by atoms with Crippen molar-refractivity contribution in [1.82, 2.24) is 28.4 Å². The van der Waals surface area contributed by atoms with Crippen LogP contribution in [-0.4, -0.2) is 48.0 Å². The van der Waals surface area contributed by atoms with Crippen LogP contribution < -0.4 is 11.2 Å². The van der Waals surface area contributed by atoms with Gasteiger partial charge >= 0.3 is 5.69 Å². The molecule has 0 atom stereocenters. The predicted molar refractivity (Wildman–Crippen MR) is 121 cm³/mol. The highest BCUT2D eigenvalue weighted by Gasteiger charge is 2.21. The Kier molecular flexibility index (Phi) is 5.02. The van der Waals surface area contributed by atoms with Crippen LogP contribution in [0.15, 0.2) is 46.1 Å². The van der Waals surface area contributed by atoms with Gasteiger partial charge in [-0.2, -0.15) is 4.98 Å². The van der Waals surface area contributed by atoms with E-state index in [4.69, 9.17) is 0 Å². The van der Waals surface area contributed by atoms with E-state index in [9.17, 15) is 9.59 Å². The monoisotopic (exact) mass is 420 g/mol. The highest BCUT2D eigenvalue weighted by molar-refractivity contribution is 5.75. The SMILES string of the molecule is Cc1cn2c3c(=O)[nH]c(=O)n(C)c3nc2n1CCN1CCC(Cc2ccccc2)CC1. The zero-order valence-corrected chi connectivity index (χ0v) is 18.0. The lowest BCUT2D eigenvalue weighted by atomic mass is 9.90. The van der Waals surface area contributed by atoms with Crippen LogP contribution in [0, 0.1) is 12.8 Å². The van der Waals surface area contributed by atoms with Crippen LogP contribution in [-0.2, 0) is 20.0 Å². The molecule has 1 N–H and O–H groups in total. The molecule has 1 aliphatic rings. The van der Waals surface area contributed by atoms with Gasteiger partial charge in [-0.05, 0) is 50.8 Å². The number of piperidine rings is 1. The van der Waals surface area contributed by atoms with Crippen LogP contribution in [0.3, 0.4) is 0 Å². The number of imidazole rings is 2. The molecule has 1 aliphatic heterocycles. The second kappa shape index (κ2) is 7.85. The average Bonchev–Trinajstić information content (AvgIpc) is 3.27. The van der Waals surface area contributed by atoms with Crippen molar-refractivity contribution in [2.75, 3.05) is 19.6 Å². The van der Waals surface area contributed by atoms with E-state index < -0.39 is 11.2 Å². The second-order valence-electron chi connectivity index (χ2n) is 8.67. The lowest BCUT2D eigenvalue weighted by Gasteiger charge is -2.32. The molecule has 1 aromatic carbocycles. The number of rotatable bonds is 5. The highest BCUT2D eigenvalue weighted by Crippen LogP contribution is 2.22. The number of nitrogens with one attached hydrogen (secondary N) is 1. The summed E-state index contributed by atoms with van der Waals surface area (Å²) in [5.74, 6) is 1.46. The van der Waals surface area contributed by atoms with Crippen molar-refractivity contribution < 1.29 is 0 Å². The molecule has 0 spiro atoms. The summed E-state index contributed by atoms with van der Waals surface area (Å²) in [6, 6.07) is 10.8. The van der Waals surface area contributed by atoms with E-state index >= 15 is 0 Å². The van der Waals surface area contributed by atoms with E-state index in [2.05, 4.69) is 49.8 Å². The Balaban J connectivity index is 1.29. The van der Waals surface area contributed by atoms with Crippen molar-refractivity contribution in [2.45, 2.75) is 32.7 Å². The quantitative estimate of drug-likeness (QED) is 0.535. The number of H-pyrrole nitrogens is 1. The van der Waals surface area contributed by atoms with E-state index in [1.54, 1.807) is 11.4 Å². The Morgan fingerprint density at radius 2 is 1.84 bits per heavy atom. The molecule has 31 heavy (non-hydrogen) atoms. The van der Waals surface area contributed by atoms with Gasteiger partial charge in [-0.1, -0.05) is 30.3 Å². The highest BCUT2D eigenvalue weighted by atomic mass is 16.2. The topological polar surface area (TPSA) is 80.3 Å². The molecule has 0 amide bonds. The van der Waals surface area contributed by atoms with Crippen LogP contribution in [0.4, 0.5) is 0 Å². The van der Waals surface area contributed by atoms with Gasteiger partial charge in [-0.3, -0.25) is 18.7 Å². The summed E-state index contributed by atoms with van der Waals surface area (Å²) in [5.41, 5.74) is 2.47. The zero-order valence-electron chi connectivity index (χ0n) is 18.0. The predicted octanol–water partition coefficient (Wildman–Crippen LogP) is 1.94. The van der Waals surface area contributed by atoms with Crippen molar-refractivity contribution in [2.24, 2.45) is 13.0 Å². The number of hydrogen-bond acceptors (Lipinski definition) is 4. The van der Waals surface area contributed by atoms with Gasteiger partial charge < -0.3 is 9.47 Å². The first-order valence-corrected chi connectivity index (χ1v) is 10.9. The first-order chi connectivity index (χ1) is 15.0. The van der Waals surface area contributed by atoms with Gasteiger partial charge in [-0.25, -0.2) is 4.79 Å². The van der Waals surface area contributed by atoms with E-state index in [0.29, 0.717) is 16.9 Å². The smallest absolute Gasteiger partial charge is 0.313 e. The third-order valence-corrected chi connectivity index (χ3v) is 6.63. The van der Waals surface area contributed by atoms with Crippen molar-refractivity contribution in [3.05, 3.63) is 68.6 Å². The summed E-state index contributed by atoms with van der Waals surface area (Å²) in [5, 5.41) is 0. The number of nitrogens with zero attached hydrogens (tertiary/aromatic N) is 5. The molecule has 5 rings (SSSR count). The second-order valence-corrected chi connectivity index (χ2v) is 8.67. The van der Waals surface area contributed by atoms with Crippen molar-refractivity contribution in [3.8, 4) is 0 Å². The van der Waals surface area contributed by atoms with E-state index in [-0.39, 0.29) is 0 Å². The summed E-state index contributed by atoms with van der Waals surface area (Å²) in [6.07, 6.45) is 5.54. The first-order valence-electron chi connectivity index (χ1n) is 10.9. The Morgan fingerprint density at radius 1 is 1.10 bits per heavy atom. The first kappa shape index (κ1) is 19.8. The van der Waals surface area contributed by atoms with Gasteiger partial charge in [0.15, 0.2) is 11.2 Å². The molecule has 4 aromatic rings.